The third kappa shape index (κ3) is 2.50. The Bertz CT molecular complexity index is 607. The Labute approximate surface area is 102 Å². The number of hydrogen-bond acceptors (Lipinski definition) is 6. The summed E-state index contributed by atoms with van der Waals surface area (Å²) in [4.78, 5) is 7.97. The molecule has 0 saturated carbocycles. The van der Waals surface area contributed by atoms with E-state index in [1.165, 1.54) is 24.5 Å². The maximum absolute atomic E-state index is 13.0. The van der Waals surface area contributed by atoms with Crippen LogP contribution >= 0.6 is 0 Å². The fourth-order valence-corrected chi connectivity index (χ4v) is 1.35. The molecule has 0 aliphatic heterocycles. The Morgan fingerprint density at radius 2 is 2.06 bits per heavy atom. The topological polar surface area (TPSA) is 99.7 Å². The summed E-state index contributed by atoms with van der Waals surface area (Å²) >= 11 is 0. The smallest absolute Gasteiger partial charge is 0.160 e. The van der Waals surface area contributed by atoms with Crippen molar-refractivity contribution in [1.82, 2.24) is 9.97 Å². The van der Waals surface area contributed by atoms with Gasteiger partial charge in [-0.25, -0.2) is 15.2 Å². The molecule has 18 heavy (non-hydrogen) atoms. The average molecular weight is 244 g/mol. The molecule has 1 heterocycles. The SMILES string of the molecule is N#Cc1cc(F)ccc1Nc1cncc(NN)n1. The molecule has 0 aliphatic carbocycles. The molecule has 0 spiro atoms. The highest BCUT2D eigenvalue weighted by Gasteiger charge is 2.05. The van der Waals surface area contributed by atoms with E-state index in [-0.39, 0.29) is 5.56 Å². The second-order valence-electron chi connectivity index (χ2n) is 3.36. The molecular formula is C11H9FN6. The van der Waals surface area contributed by atoms with Crippen molar-refractivity contribution < 1.29 is 4.39 Å². The average Bonchev–Trinajstić information content (AvgIpc) is 2.41. The Kier molecular flexibility index (Phi) is 3.31. The molecule has 0 unspecified atom stereocenters. The van der Waals surface area contributed by atoms with Gasteiger partial charge in [-0.05, 0) is 18.2 Å². The first kappa shape index (κ1) is 11.8. The lowest BCUT2D eigenvalue weighted by molar-refractivity contribution is 0.627. The van der Waals surface area contributed by atoms with Crippen LogP contribution in [-0.4, -0.2) is 9.97 Å². The molecule has 6 nitrogen and oxygen atoms in total. The molecule has 0 aliphatic rings. The van der Waals surface area contributed by atoms with Crippen LogP contribution in [0.1, 0.15) is 5.56 Å². The summed E-state index contributed by atoms with van der Waals surface area (Å²) in [6.07, 6.45) is 2.91. The number of nitrogens with two attached hydrogens (primary N) is 1. The summed E-state index contributed by atoms with van der Waals surface area (Å²) in [5.74, 6) is 5.51. The fourth-order valence-electron chi connectivity index (χ4n) is 1.35. The molecule has 2 aromatic rings. The lowest BCUT2D eigenvalue weighted by atomic mass is 10.2. The number of aromatic nitrogens is 2. The molecule has 1 aromatic carbocycles. The minimum atomic E-state index is -0.472. The Morgan fingerprint density at radius 3 is 2.78 bits per heavy atom. The van der Waals surface area contributed by atoms with E-state index in [1.54, 1.807) is 0 Å². The molecule has 4 N–H and O–H groups in total. The fraction of sp³-hybridized carbons (Fsp3) is 0. The van der Waals surface area contributed by atoms with Gasteiger partial charge in [0.2, 0.25) is 0 Å². The van der Waals surface area contributed by atoms with Crippen molar-refractivity contribution in [3.63, 3.8) is 0 Å². The molecule has 1 aromatic heterocycles. The van der Waals surface area contributed by atoms with E-state index in [1.807, 2.05) is 6.07 Å². The molecule has 0 radical (unpaired) electrons. The molecule has 0 saturated heterocycles. The molecule has 0 fully saturated rings. The largest absolute Gasteiger partial charge is 0.338 e. The van der Waals surface area contributed by atoms with Crippen LogP contribution in [-0.2, 0) is 0 Å². The van der Waals surface area contributed by atoms with Crippen molar-refractivity contribution in [2.45, 2.75) is 0 Å². The van der Waals surface area contributed by atoms with E-state index in [0.717, 1.165) is 6.07 Å². The number of nitriles is 1. The molecule has 2 rings (SSSR count). The van der Waals surface area contributed by atoms with Crippen LogP contribution in [0.2, 0.25) is 0 Å². The normalized spacial score (nSPS) is 9.61. The molecule has 7 heteroatoms. The standard InChI is InChI=1S/C11H9FN6/c12-8-1-2-9(7(3-8)4-13)16-10-5-15-6-11(17-10)18-14/h1-3,5-6H,14H2,(H2,16,17,18). The minimum absolute atomic E-state index is 0.183. The molecular weight excluding hydrogens is 235 g/mol. The molecule has 0 bridgehead atoms. The van der Waals surface area contributed by atoms with Gasteiger partial charge in [0.05, 0.1) is 23.6 Å². The number of anilines is 3. The van der Waals surface area contributed by atoms with Gasteiger partial charge in [0, 0.05) is 0 Å². The van der Waals surface area contributed by atoms with Crippen LogP contribution in [0.3, 0.4) is 0 Å². The highest BCUT2D eigenvalue weighted by Crippen LogP contribution is 2.20. The van der Waals surface area contributed by atoms with Gasteiger partial charge in [0.25, 0.3) is 0 Å². The second-order valence-corrected chi connectivity index (χ2v) is 3.36. The first-order valence-corrected chi connectivity index (χ1v) is 4.98. The van der Waals surface area contributed by atoms with Crippen LogP contribution in [0, 0.1) is 17.1 Å². The predicted molar refractivity (Wildman–Crippen MR) is 64.2 cm³/mol. The maximum Gasteiger partial charge on any atom is 0.160 e. The van der Waals surface area contributed by atoms with E-state index in [9.17, 15) is 4.39 Å². The number of hydrogen-bond donors (Lipinski definition) is 3. The summed E-state index contributed by atoms with van der Waals surface area (Å²) in [6.45, 7) is 0. The monoisotopic (exact) mass is 244 g/mol. The number of nitrogen functional groups attached to an aromatic ring is 1. The number of hydrazine groups is 1. The third-order valence-corrected chi connectivity index (χ3v) is 2.15. The van der Waals surface area contributed by atoms with Crippen LogP contribution in [0.15, 0.2) is 30.6 Å². The minimum Gasteiger partial charge on any atom is -0.338 e. The Hall–Kier alpha value is -2.72. The van der Waals surface area contributed by atoms with Gasteiger partial charge in [0.1, 0.15) is 11.9 Å². The van der Waals surface area contributed by atoms with E-state index in [0.29, 0.717) is 17.3 Å². The van der Waals surface area contributed by atoms with Gasteiger partial charge in [-0.1, -0.05) is 0 Å². The Morgan fingerprint density at radius 1 is 1.28 bits per heavy atom. The number of benzene rings is 1. The van der Waals surface area contributed by atoms with Gasteiger partial charge in [0.15, 0.2) is 11.6 Å². The molecule has 0 amide bonds. The summed E-state index contributed by atoms with van der Waals surface area (Å²) in [5.41, 5.74) is 2.98. The summed E-state index contributed by atoms with van der Waals surface area (Å²) in [6, 6.07) is 5.74. The van der Waals surface area contributed by atoms with Crippen molar-refractivity contribution >= 4 is 17.3 Å². The molecule has 0 atom stereocenters. The van der Waals surface area contributed by atoms with Gasteiger partial charge >= 0.3 is 0 Å². The van der Waals surface area contributed by atoms with Crippen LogP contribution in [0.5, 0.6) is 0 Å². The van der Waals surface area contributed by atoms with Crippen LogP contribution in [0.25, 0.3) is 0 Å². The van der Waals surface area contributed by atoms with Gasteiger partial charge in [-0.15, -0.1) is 0 Å². The van der Waals surface area contributed by atoms with Crippen LogP contribution in [0.4, 0.5) is 21.7 Å². The van der Waals surface area contributed by atoms with E-state index in [2.05, 4.69) is 20.7 Å². The number of rotatable bonds is 3. The van der Waals surface area contributed by atoms with Gasteiger partial charge < -0.3 is 10.7 Å². The van der Waals surface area contributed by atoms with Gasteiger partial charge in [-0.2, -0.15) is 5.26 Å². The zero-order chi connectivity index (χ0) is 13.0. The number of nitrogens with one attached hydrogen (secondary N) is 2. The quantitative estimate of drug-likeness (QED) is 0.559. The summed E-state index contributed by atoms with van der Waals surface area (Å²) in [7, 11) is 0. The predicted octanol–water partition coefficient (Wildman–Crippen LogP) is 1.52. The van der Waals surface area contributed by atoms with E-state index < -0.39 is 5.82 Å². The first-order chi connectivity index (χ1) is 8.72. The van der Waals surface area contributed by atoms with Crippen molar-refractivity contribution in [3.05, 3.63) is 42.0 Å². The lowest BCUT2D eigenvalue weighted by Crippen LogP contribution is -2.09. The second kappa shape index (κ2) is 5.07. The first-order valence-electron chi connectivity index (χ1n) is 4.98. The highest BCUT2D eigenvalue weighted by atomic mass is 19.1. The van der Waals surface area contributed by atoms with Crippen molar-refractivity contribution in [3.8, 4) is 6.07 Å². The molecule has 90 valence electrons. The zero-order valence-electron chi connectivity index (χ0n) is 9.18. The lowest BCUT2D eigenvalue weighted by Gasteiger charge is -2.08. The van der Waals surface area contributed by atoms with Crippen molar-refractivity contribution in [2.75, 3.05) is 10.7 Å². The van der Waals surface area contributed by atoms with Crippen LogP contribution < -0.4 is 16.6 Å². The van der Waals surface area contributed by atoms with Crippen molar-refractivity contribution in [2.24, 2.45) is 5.84 Å². The number of halogens is 1. The zero-order valence-corrected chi connectivity index (χ0v) is 9.18. The van der Waals surface area contributed by atoms with Gasteiger partial charge in [-0.3, -0.25) is 4.98 Å². The number of nitrogens with zero attached hydrogens (tertiary/aromatic N) is 3. The third-order valence-electron chi connectivity index (χ3n) is 2.15. The Balaban J connectivity index is 2.31. The summed E-state index contributed by atoms with van der Waals surface area (Å²) < 4.78 is 13.0. The highest BCUT2D eigenvalue weighted by molar-refractivity contribution is 5.64. The van der Waals surface area contributed by atoms with Crippen molar-refractivity contribution in [1.29, 1.82) is 5.26 Å². The van der Waals surface area contributed by atoms with E-state index in [4.69, 9.17) is 11.1 Å². The van der Waals surface area contributed by atoms with E-state index >= 15 is 0 Å². The summed E-state index contributed by atoms with van der Waals surface area (Å²) in [5, 5.41) is 11.8. The maximum atomic E-state index is 13.0.